The molecule has 3 aromatic rings. The molecule has 0 radical (unpaired) electrons. The number of aliphatic imine (C=N–C) groups is 2. The highest BCUT2D eigenvalue weighted by atomic mass is 16.2. The lowest BCUT2D eigenvalue weighted by molar-refractivity contribution is -0.132. The van der Waals surface area contributed by atoms with Gasteiger partial charge < -0.3 is 16.4 Å². The number of hydrogen-bond acceptors (Lipinski definition) is 8. The van der Waals surface area contributed by atoms with Crippen LogP contribution in [0.3, 0.4) is 0 Å². The number of terminal acetylenes is 1. The molecule has 2 saturated heterocycles. The Morgan fingerprint density at radius 3 is 2.60 bits per heavy atom. The Bertz CT molecular complexity index is 1870. The van der Waals surface area contributed by atoms with Crippen molar-refractivity contribution in [2.24, 2.45) is 21.1 Å². The smallest absolute Gasteiger partial charge is 0.237 e. The number of amidine groups is 1. The summed E-state index contributed by atoms with van der Waals surface area (Å²) in [5.41, 5.74) is 16.4. The summed E-state index contributed by atoms with van der Waals surface area (Å²) in [4.78, 5) is 49.7. The van der Waals surface area contributed by atoms with Crippen molar-refractivity contribution in [3.05, 3.63) is 88.9 Å². The number of aromatic nitrogens is 2. The van der Waals surface area contributed by atoms with E-state index in [1.807, 2.05) is 29.2 Å². The Labute approximate surface area is 279 Å². The van der Waals surface area contributed by atoms with E-state index >= 15 is 0 Å². The molecule has 2 fully saturated rings. The summed E-state index contributed by atoms with van der Waals surface area (Å²) in [6.07, 6.45) is 12.6. The van der Waals surface area contributed by atoms with Gasteiger partial charge in [0, 0.05) is 50.6 Å². The van der Waals surface area contributed by atoms with Crippen LogP contribution in [0.5, 0.6) is 0 Å². The normalized spacial score (nSPS) is 20.0. The quantitative estimate of drug-likeness (QED) is 0.193. The van der Waals surface area contributed by atoms with Gasteiger partial charge in [-0.1, -0.05) is 36.3 Å². The van der Waals surface area contributed by atoms with E-state index in [2.05, 4.69) is 36.8 Å². The van der Waals surface area contributed by atoms with Gasteiger partial charge in [-0.05, 0) is 61.2 Å². The summed E-state index contributed by atoms with van der Waals surface area (Å²) >= 11 is 0. The number of likely N-dealkylation sites (tertiary alicyclic amines) is 1. The lowest BCUT2D eigenvalue weighted by Crippen LogP contribution is -2.43. The monoisotopic (exact) mass is 642 g/mol. The van der Waals surface area contributed by atoms with E-state index in [4.69, 9.17) is 23.3 Å². The first-order valence-electron chi connectivity index (χ1n) is 15.9. The van der Waals surface area contributed by atoms with Gasteiger partial charge in [-0.25, -0.2) is 9.98 Å². The third-order valence-corrected chi connectivity index (χ3v) is 9.34. The Hall–Kier alpha value is -5.67. The van der Waals surface area contributed by atoms with E-state index in [0.717, 1.165) is 17.5 Å². The van der Waals surface area contributed by atoms with Gasteiger partial charge in [-0.3, -0.25) is 34.8 Å². The fraction of sp³-hybridized carbons (Fsp3) is 0.306. The third kappa shape index (κ3) is 6.45. The molecule has 3 aliphatic rings. The summed E-state index contributed by atoms with van der Waals surface area (Å²) in [7, 11) is 1.64. The molecule has 6 rings (SSSR count). The minimum atomic E-state index is -0.567. The van der Waals surface area contributed by atoms with Gasteiger partial charge in [-0.2, -0.15) is 0 Å². The van der Waals surface area contributed by atoms with Crippen LogP contribution in [0, 0.1) is 23.2 Å². The average Bonchev–Trinajstić information content (AvgIpc) is 3.68. The van der Waals surface area contributed by atoms with E-state index < -0.39 is 5.41 Å². The van der Waals surface area contributed by atoms with Crippen LogP contribution >= 0.6 is 0 Å². The zero-order valence-electron chi connectivity index (χ0n) is 26.9. The van der Waals surface area contributed by atoms with Crippen molar-refractivity contribution in [1.29, 1.82) is 5.41 Å². The molecule has 48 heavy (non-hydrogen) atoms. The third-order valence-electron chi connectivity index (χ3n) is 9.34. The topological polar surface area (TPSA) is 170 Å². The summed E-state index contributed by atoms with van der Waals surface area (Å²) in [5.74, 6) is 3.43. The molecule has 12 heteroatoms. The van der Waals surface area contributed by atoms with E-state index in [1.54, 1.807) is 36.2 Å². The first-order chi connectivity index (χ1) is 23.2. The standard InChI is InChI=1S/C36H38N10O2/c1-3-24-4-10-29(41-20-24)32(38)33-28(37)9-11-30(43-33)46-19-15-36(35(46)48)14-18-44(22-36)21-31(47)45-16-12-26(13-17-45)25-5-7-27(8-6-25)34(39)42-23-40-2/h1,4-12,20,23,38H,13-19,21-22,37H2,2H3,(H2,39,40,42)/t36-/m0/s1. The number of carbonyl (C=O) groups excluding carboxylic acids is 2. The largest absolute Gasteiger partial charge is 0.397 e. The molecule has 0 unspecified atom stereocenters. The van der Waals surface area contributed by atoms with Crippen molar-refractivity contribution in [1.82, 2.24) is 19.8 Å². The Morgan fingerprint density at radius 1 is 1.12 bits per heavy atom. The SMILES string of the molecule is C#Cc1ccc(C(=N)c2nc(N3CC[C@]4(CCN(CC(=O)N5CC=C(c6ccc(C(N)=NC=NC)cc6)CC5)C4)C3=O)ccc2N)nc1. The van der Waals surface area contributed by atoms with Crippen LogP contribution in [0.25, 0.3) is 5.57 Å². The number of amides is 2. The van der Waals surface area contributed by atoms with Crippen LogP contribution in [0.1, 0.15) is 47.3 Å². The second kappa shape index (κ2) is 13.6. The number of benzene rings is 1. The highest BCUT2D eigenvalue weighted by molar-refractivity contribution is 6.12. The summed E-state index contributed by atoms with van der Waals surface area (Å²) in [6.45, 7) is 3.16. The zero-order chi connectivity index (χ0) is 33.8. The van der Waals surface area contributed by atoms with E-state index in [1.165, 1.54) is 18.1 Å². The van der Waals surface area contributed by atoms with Crippen LogP contribution in [0.4, 0.5) is 11.5 Å². The maximum absolute atomic E-state index is 13.9. The molecule has 2 amide bonds. The highest BCUT2D eigenvalue weighted by Crippen LogP contribution is 2.42. The highest BCUT2D eigenvalue weighted by Gasteiger charge is 2.51. The van der Waals surface area contributed by atoms with E-state index in [-0.39, 0.29) is 29.8 Å². The first kappa shape index (κ1) is 32.3. The molecule has 244 valence electrons. The van der Waals surface area contributed by atoms with Crippen molar-refractivity contribution in [3.8, 4) is 12.3 Å². The summed E-state index contributed by atoms with van der Waals surface area (Å²) in [5, 5.41) is 8.67. The van der Waals surface area contributed by atoms with Crippen LogP contribution < -0.4 is 16.4 Å². The second-order valence-electron chi connectivity index (χ2n) is 12.3. The zero-order valence-corrected chi connectivity index (χ0v) is 26.9. The van der Waals surface area contributed by atoms with Crippen molar-refractivity contribution in [3.63, 3.8) is 0 Å². The van der Waals surface area contributed by atoms with Gasteiger partial charge in [0.25, 0.3) is 0 Å². The van der Waals surface area contributed by atoms with E-state index in [0.29, 0.717) is 74.2 Å². The lowest BCUT2D eigenvalue weighted by atomic mass is 9.85. The maximum atomic E-state index is 13.9. The molecule has 3 aliphatic heterocycles. The molecule has 0 aliphatic carbocycles. The molecule has 0 saturated carbocycles. The van der Waals surface area contributed by atoms with Crippen LogP contribution in [0.15, 0.2) is 70.8 Å². The van der Waals surface area contributed by atoms with Crippen LogP contribution in [-0.4, -0.2) is 95.8 Å². The van der Waals surface area contributed by atoms with Gasteiger partial charge >= 0.3 is 0 Å². The van der Waals surface area contributed by atoms with Crippen molar-refractivity contribution >= 4 is 46.8 Å². The number of anilines is 2. The first-order valence-corrected chi connectivity index (χ1v) is 15.9. The number of rotatable bonds is 8. The van der Waals surface area contributed by atoms with Gasteiger partial charge in [0.2, 0.25) is 11.8 Å². The number of carbonyl (C=O) groups is 2. The molecule has 1 atom stereocenters. The minimum absolute atomic E-state index is 0.00760. The fourth-order valence-corrected chi connectivity index (χ4v) is 6.57. The number of nitrogens with two attached hydrogens (primary N) is 2. The second-order valence-corrected chi connectivity index (χ2v) is 12.3. The van der Waals surface area contributed by atoms with Crippen LogP contribution in [-0.2, 0) is 9.59 Å². The van der Waals surface area contributed by atoms with Gasteiger partial charge in [0.15, 0.2) is 0 Å². The molecule has 1 aromatic carbocycles. The molecular weight excluding hydrogens is 604 g/mol. The number of nitrogens with one attached hydrogen (secondary N) is 1. The number of pyridine rings is 2. The van der Waals surface area contributed by atoms with Gasteiger partial charge in [-0.15, -0.1) is 6.42 Å². The summed E-state index contributed by atoms with van der Waals surface area (Å²) in [6, 6.07) is 14.7. The van der Waals surface area contributed by atoms with Crippen molar-refractivity contribution < 1.29 is 9.59 Å². The predicted octanol–water partition coefficient (Wildman–Crippen LogP) is 2.56. The molecule has 0 bridgehead atoms. The number of hydrogen-bond donors (Lipinski definition) is 3. The van der Waals surface area contributed by atoms with Gasteiger partial charge in [0.05, 0.1) is 23.3 Å². The molecule has 1 spiro atoms. The number of nitrogens with zero attached hydrogens (tertiary/aromatic N) is 7. The Morgan fingerprint density at radius 2 is 1.92 bits per heavy atom. The van der Waals surface area contributed by atoms with E-state index in [9.17, 15) is 9.59 Å². The minimum Gasteiger partial charge on any atom is -0.397 e. The predicted molar refractivity (Wildman–Crippen MR) is 188 cm³/mol. The van der Waals surface area contributed by atoms with Gasteiger partial charge in [0.1, 0.15) is 29.4 Å². The van der Waals surface area contributed by atoms with Crippen molar-refractivity contribution in [2.75, 3.05) is 56.9 Å². The lowest BCUT2D eigenvalue weighted by Gasteiger charge is -2.29. The fourth-order valence-electron chi connectivity index (χ4n) is 6.57. The molecule has 2 aromatic heterocycles. The summed E-state index contributed by atoms with van der Waals surface area (Å²) < 4.78 is 0. The Kier molecular flexibility index (Phi) is 9.14. The van der Waals surface area contributed by atoms with Crippen LogP contribution in [0.2, 0.25) is 0 Å². The Balaban J connectivity index is 1.05. The maximum Gasteiger partial charge on any atom is 0.237 e. The van der Waals surface area contributed by atoms with Crippen molar-refractivity contribution in [2.45, 2.75) is 19.3 Å². The molecular formula is C36H38N10O2. The molecule has 5 heterocycles. The molecule has 5 N–H and O–H groups in total. The average molecular weight is 643 g/mol. The number of nitrogen functional groups attached to an aromatic ring is 1. The molecule has 12 nitrogen and oxygen atoms in total.